The summed E-state index contributed by atoms with van der Waals surface area (Å²) in [7, 11) is 0. The maximum atomic E-state index is 12.1. The fourth-order valence-electron chi connectivity index (χ4n) is 1.93. The lowest BCUT2D eigenvalue weighted by Gasteiger charge is -2.09. The van der Waals surface area contributed by atoms with Crippen LogP contribution in [0.1, 0.15) is 0 Å². The normalized spacial score (nSPS) is 10.5. The van der Waals surface area contributed by atoms with E-state index in [-0.39, 0.29) is 23.7 Å². The number of aromatic nitrogens is 2. The summed E-state index contributed by atoms with van der Waals surface area (Å²) in [6, 6.07) is 6.97. The molecule has 2 aromatic heterocycles. The lowest BCUT2D eigenvalue weighted by molar-refractivity contribution is -0.114. The number of hydrogen-bond donors (Lipinski definition) is 3. The predicted octanol–water partition coefficient (Wildman–Crippen LogP) is 1.39. The second-order valence-electron chi connectivity index (χ2n) is 4.52. The quantitative estimate of drug-likeness (QED) is 0.632. The van der Waals surface area contributed by atoms with Gasteiger partial charge in [0.2, 0.25) is 5.91 Å². The van der Waals surface area contributed by atoms with Crippen molar-refractivity contribution in [3.63, 3.8) is 0 Å². The molecule has 0 unspecified atom stereocenters. The minimum absolute atomic E-state index is 0.0541. The van der Waals surface area contributed by atoms with Gasteiger partial charge in [0.15, 0.2) is 4.96 Å². The fourth-order valence-corrected chi connectivity index (χ4v) is 2.60. The third-order valence-corrected chi connectivity index (χ3v) is 3.79. The Balaban J connectivity index is 1.69. The Bertz CT molecular complexity index is 886. The summed E-state index contributed by atoms with van der Waals surface area (Å²) in [5.74, 6) is -0.298. The van der Waals surface area contributed by atoms with Crippen molar-refractivity contribution in [3.05, 3.63) is 52.4 Å². The van der Waals surface area contributed by atoms with Gasteiger partial charge in [0.05, 0.1) is 24.1 Å². The van der Waals surface area contributed by atoms with Gasteiger partial charge in [-0.05, 0) is 12.1 Å². The van der Waals surface area contributed by atoms with Gasteiger partial charge in [-0.3, -0.25) is 14.0 Å². The number of nitrogens with two attached hydrogens (primary N) is 1. The summed E-state index contributed by atoms with van der Waals surface area (Å²) in [6.45, 7) is -0.0541. The predicted molar refractivity (Wildman–Crippen MR) is 87.3 cm³/mol. The Morgan fingerprint density at radius 1 is 1.32 bits per heavy atom. The molecule has 22 heavy (non-hydrogen) atoms. The van der Waals surface area contributed by atoms with E-state index in [2.05, 4.69) is 15.6 Å². The molecule has 4 N–H and O–H groups in total. The average molecular weight is 315 g/mol. The Morgan fingerprint density at radius 2 is 2.14 bits per heavy atom. The van der Waals surface area contributed by atoms with E-state index in [1.165, 1.54) is 21.9 Å². The molecule has 2 heterocycles. The molecule has 1 aromatic carbocycles. The molecule has 112 valence electrons. The number of carbonyl (C=O) groups is 1. The van der Waals surface area contributed by atoms with Crippen LogP contribution >= 0.6 is 11.3 Å². The van der Waals surface area contributed by atoms with Crippen LogP contribution in [-0.2, 0) is 4.79 Å². The van der Waals surface area contributed by atoms with Crippen molar-refractivity contribution in [1.82, 2.24) is 9.38 Å². The number of thiazole rings is 1. The van der Waals surface area contributed by atoms with Crippen molar-refractivity contribution in [3.8, 4) is 0 Å². The van der Waals surface area contributed by atoms with E-state index in [0.717, 1.165) is 0 Å². The monoisotopic (exact) mass is 315 g/mol. The third-order valence-electron chi connectivity index (χ3n) is 3.02. The summed E-state index contributed by atoms with van der Waals surface area (Å²) in [5.41, 5.74) is 6.81. The summed E-state index contributed by atoms with van der Waals surface area (Å²) < 4.78 is 1.43. The molecule has 0 aliphatic heterocycles. The molecule has 0 atom stereocenters. The van der Waals surface area contributed by atoms with Crippen LogP contribution in [0.2, 0.25) is 0 Å². The summed E-state index contributed by atoms with van der Waals surface area (Å²) >= 11 is 1.37. The zero-order valence-corrected chi connectivity index (χ0v) is 12.3. The highest BCUT2D eigenvalue weighted by molar-refractivity contribution is 7.15. The van der Waals surface area contributed by atoms with Gasteiger partial charge in [0, 0.05) is 11.6 Å². The number of fused-ring (bicyclic) bond motifs is 1. The van der Waals surface area contributed by atoms with Crippen molar-refractivity contribution in [1.29, 1.82) is 0 Å². The lowest BCUT2D eigenvalue weighted by Crippen LogP contribution is -2.26. The van der Waals surface area contributed by atoms with Gasteiger partial charge in [0.1, 0.15) is 5.69 Å². The summed E-state index contributed by atoms with van der Waals surface area (Å²) in [5, 5.41) is 7.24. The van der Waals surface area contributed by atoms with Crippen molar-refractivity contribution in [2.24, 2.45) is 0 Å². The number of hydrogen-bond acceptors (Lipinski definition) is 6. The van der Waals surface area contributed by atoms with Crippen molar-refractivity contribution < 1.29 is 4.79 Å². The molecule has 8 heteroatoms. The highest BCUT2D eigenvalue weighted by Gasteiger charge is 2.08. The van der Waals surface area contributed by atoms with Crippen LogP contribution in [0.5, 0.6) is 0 Å². The molecule has 0 saturated heterocycles. The first-order valence-corrected chi connectivity index (χ1v) is 7.36. The molecule has 3 rings (SSSR count). The minimum atomic E-state index is -0.298. The maximum Gasteiger partial charge on any atom is 0.281 e. The third kappa shape index (κ3) is 2.77. The molecule has 0 spiro atoms. The molecule has 3 aromatic rings. The molecule has 0 bridgehead atoms. The molecular weight excluding hydrogens is 302 g/mol. The number of anilines is 3. The van der Waals surface area contributed by atoms with Crippen LogP contribution in [0.15, 0.2) is 46.8 Å². The van der Waals surface area contributed by atoms with Crippen LogP contribution in [0.4, 0.5) is 17.1 Å². The van der Waals surface area contributed by atoms with E-state index < -0.39 is 0 Å². The highest BCUT2D eigenvalue weighted by Crippen LogP contribution is 2.16. The topological polar surface area (TPSA) is 102 Å². The Kier molecular flexibility index (Phi) is 3.75. The number of para-hydroxylation sites is 2. The molecule has 7 nitrogen and oxygen atoms in total. The number of nitrogen functional groups attached to an aromatic ring is 1. The molecular formula is C14H13N5O2S. The molecule has 0 saturated carbocycles. The van der Waals surface area contributed by atoms with E-state index in [0.29, 0.717) is 16.3 Å². The van der Waals surface area contributed by atoms with E-state index in [4.69, 9.17) is 5.73 Å². The lowest BCUT2D eigenvalue weighted by atomic mass is 10.2. The van der Waals surface area contributed by atoms with Gasteiger partial charge in [-0.15, -0.1) is 11.3 Å². The van der Waals surface area contributed by atoms with Gasteiger partial charge in [-0.25, -0.2) is 4.98 Å². The van der Waals surface area contributed by atoms with Crippen LogP contribution in [0, 0.1) is 0 Å². The molecule has 0 radical (unpaired) electrons. The SMILES string of the molecule is Nc1ccccc1NC(=O)CNc1cnc2sccn2c1=O. The van der Waals surface area contributed by atoms with E-state index >= 15 is 0 Å². The van der Waals surface area contributed by atoms with Crippen LogP contribution < -0.4 is 21.9 Å². The zero-order chi connectivity index (χ0) is 15.5. The van der Waals surface area contributed by atoms with Crippen LogP contribution in [0.25, 0.3) is 4.96 Å². The van der Waals surface area contributed by atoms with E-state index in [1.807, 2.05) is 0 Å². The van der Waals surface area contributed by atoms with Gasteiger partial charge in [-0.1, -0.05) is 12.1 Å². The number of benzene rings is 1. The smallest absolute Gasteiger partial charge is 0.281 e. The van der Waals surface area contributed by atoms with E-state index in [1.54, 1.807) is 35.8 Å². The molecule has 0 fully saturated rings. The van der Waals surface area contributed by atoms with E-state index in [9.17, 15) is 9.59 Å². The highest BCUT2D eigenvalue weighted by atomic mass is 32.1. The van der Waals surface area contributed by atoms with Gasteiger partial charge >= 0.3 is 0 Å². The van der Waals surface area contributed by atoms with Gasteiger partial charge in [0.25, 0.3) is 5.56 Å². The van der Waals surface area contributed by atoms with Crippen molar-refractivity contribution >= 4 is 39.3 Å². The average Bonchev–Trinajstić information content (AvgIpc) is 2.98. The Morgan fingerprint density at radius 3 is 2.95 bits per heavy atom. The van der Waals surface area contributed by atoms with Crippen molar-refractivity contribution in [2.45, 2.75) is 0 Å². The Hall–Kier alpha value is -2.87. The number of nitrogens with zero attached hydrogens (tertiary/aromatic N) is 2. The number of rotatable bonds is 4. The molecule has 0 aliphatic carbocycles. The summed E-state index contributed by atoms with van der Waals surface area (Å²) in [6.07, 6.45) is 3.07. The number of nitrogens with one attached hydrogen (secondary N) is 2. The molecule has 0 aliphatic rings. The second kappa shape index (κ2) is 5.86. The second-order valence-corrected chi connectivity index (χ2v) is 5.39. The van der Waals surface area contributed by atoms with Crippen molar-refractivity contribution in [2.75, 3.05) is 22.9 Å². The van der Waals surface area contributed by atoms with Crippen LogP contribution in [-0.4, -0.2) is 21.8 Å². The van der Waals surface area contributed by atoms with Crippen LogP contribution in [0.3, 0.4) is 0 Å². The number of carbonyl (C=O) groups excluding carboxylic acids is 1. The van der Waals surface area contributed by atoms with Gasteiger partial charge in [-0.2, -0.15) is 0 Å². The fraction of sp³-hybridized carbons (Fsp3) is 0.0714. The first-order valence-electron chi connectivity index (χ1n) is 6.48. The Labute approximate surface area is 129 Å². The van der Waals surface area contributed by atoms with Gasteiger partial charge < -0.3 is 16.4 Å². The first-order chi connectivity index (χ1) is 10.6. The maximum absolute atomic E-state index is 12.1. The number of amides is 1. The zero-order valence-electron chi connectivity index (χ0n) is 11.4. The standard InChI is InChI=1S/C14H13N5O2S/c15-9-3-1-2-4-10(9)18-12(20)8-16-11-7-17-14-19(13(11)21)5-6-22-14/h1-7,16H,8,15H2,(H,18,20). The minimum Gasteiger partial charge on any atom is -0.397 e. The first kappa shape index (κ1) is 14.1. The molecule has 1 amide bonds. The summed E-state index contributed by atoms with van der Waals surface area (Å²) in [4.78, 5) is 28.8. The largest absolute Gasteiger partial charge is 0.397 e.